The topological polar surface area (TPSA) is 68.0 Å². The average Bonchev–Trinajstić information content (AvgIpc) is 3.31. The van der Waals surface area contributed by atoms with Crippen molar-refractivity contribution in [2.75, 3.05) is 19.6 Å². The number of carbonyl (C=O) groups excluding carboxylic acids is 1. The Balaban J connectivity index is 1.35. The summed E-state index contributed by atoms with van der Waals surface area (Å²) < 4.78 is 3.44. The minimum Gasteiger partial charge on any atom is -0.349 e. The molecule has 2 fully saturated rings. The van der Waals surface area contributed by atoms with Crippen molar-refractivity contribution in [3.8, 4) is 5.82 Å². The maximum Gasteiger partial charge on any atom is 0.257 e. The minimum atomic E-state index is -0.0400. The van der Waals surface area contributed by atoms with E-state index in [9.17, 15) is 4.79 Å². The lowest BCUT2D eigenvalue weighted by atomic mass is 9.88. The highest BCUT2D eigenvalue weighted by Gasteiger charge is 2.27. The van der Waals surface area contributed by atoms with Gasteiger partial charge in [-0.2, -0.15) is 10.2 Å². The predicted octanol–water partition coefficient (Wildman–Crippen LogP) is 2.69. The molecule has 152 valence electrons. The molecule has 0 radical (unpaired) electrons. The maximum absolute atomic E-state index is 13.0. The first kappa shape index (κ1) is 19.2. The van der Waals surface area contributed by atoms with Gasteiger partial charge in [-0.05, 0) is 44.6 Å². The maximum atomic E-state index is 13.0. The number of hydrogen-bond donors (Lipinski definition) is 1. The highest BCUT2D eigenvalue weighted by Crippen LogP contribution is 2.25. The zero-order valence-electron chi connectivity index (χ0n) is 17.1. The molecule has 1 saturated carbocycles. The second-order valence-corrected chi connectivity index (χ2v) is 8.41. The molecule has 1 aliphatic carbocycles. The summed E-state index contributed by atoms with van der Waals surface area (Å²) in [5.41, 5.74) is 1.36. The SMILES string of the molecule is Cc1nn(C)c(-n2cccn2)c1C(=O)NC1CCN(CC2CCCCC2)CC1. The van der Waals surface area contributed by atoms with Crippen LogP contribution >= 0.6 is 0 Å². The number of rotatable bonds is 5. The van der Waals surface area contributed by atoms with Crippen molar-refractivity contribution in [1.29, 1.82) is 0 Å². The molecule has 0 atom stereocenters. The number of nitrogens with one attached hydrogen (secondary N) is 1. The van der Waals surface area contributed by atoms with Crippen LogP contribution < -0.4 is 5.32 Å². The van der Waals surface area contributed by atoms with Gasteiger partial charge in [0.2, 0.25) is 0 Å². The molecule has 7 nitrogen and oxygen atoms in total. The highest BCUT2D eigenvalue weighted by atomic mass is 16.1. The fourth-order valence-corrected chi connectivity index (χ4v) is 4.82. The van der Waals surface area contributed by atoms with Crippen molar-refractivity contribution in [3.05, 3.63) is 29.7 Å². The van der Waals surface area contributed by atoms with Gasteiger partial charge in [0, 0.05) is 45.1 Å². The lowest BCUT2D eigenvalue weighted by molar-refractivity contribution is 0.0900. The summed E-state index contributed by atoms with van der Waals surface area (Å²) in [6.45, 7) is 5.29. The summed E-state index contributed by atoms with van der Waals surface area (Å²) in [6.07, 6.45) is 12.6. The van der Waals surface area contributed by atoms with Gasteiger partial charge in [-0.1, -0.05) is 19.3 Å². The van der Waals surface area contributed by atoms with Crippen molar-refractivity contribution in [2.24, 2.45) is 13.0 Å². The zero-order valence-corrected chi connectivity index (χ0v) is 17.1. The Kier molecular flexibility index (Phi) is 5.80. The first-order chi connectivity index (χ1) is 13.6. The lowest BCUT2D eigenvalue weighted by Gasteiger charge is -2.35. The lowest BCUT2D eigenvalue weighted by Crippen LogP contribution is -2.46. The number of amides is 1. The van der Waals surface area contributed by atoms with Gasteiger partial charge in [0.05, 0.1) is 5.69 Å². The molecule has 1 saturated heterocycles. The van der Waals surface area contributed by atoms with Gasteiger partial charge in [-0.3, -0.25) is 4.79 Å². The second kappa shape index (κ2) is 8.47. The first-order valence-corrected chi connectivity index (χ1v) is 10.7. The van der Waals surface area contributed by atoms with Gasteiger partial charge in [0.1, 0.15) is 5.56 Å². The van der Waals surface area contributed by atoms with Crippen LogP contribution in [0.25, 0.3) is 5.82 Å². The Morgan fingerprint density at radius 1 is 1.18 bits per heavy atom. The number of aryl methyl sites for hydroxylation is 2. The van der Waals surface area contributed by atoms with Crippen LogP contribution in [0.1, 0.15) is 61.0 Å². The second-order valence-electron chi connectivity index (χ2n) is 8.41. The molecular formula is C21H32N6O. The van der Waals surface area contributed by atoms with Gasteiger partial charge >= 0.3 is 0 Å². The van der Waals surface area contributed by atoms with E-state index in [-0.39, 0.29) is 11.9 Å². The molecule has 2 aliphatic rings. The van der Waals surface area contributed by atoms with E-state index in [0.717, 1.165) is 43.4 Å². The summed E-state index contributed by atoms with van der Waals surface area (Å²) in [7, 11) is 1.85. The predicted molar refractivity (Wildman–Crippen MR) is 109 cm³/mol. The van der Waals surface area contributed by atoms with Crippen LogP contribution in [-0.4, -0.2) is 56.0 Å². The normalized spacial score (nSPS) is 19.8. The number of piperidine rings is 1. The van der Waals surface area contributed by atoms with Gasteiger partial charge in [0.25, 0.3) is 5.91 Å². The van der Waals surface area contributed by atoms with E-state index in [2.05, 4.69) is 20.4 Å². The van der Waals surface area contributed by atoms with E-state index in [0.29, 0.717) is 5.56 Å². The fourth-order valence-electron chi connectivity index (χ4n) is 4.82. The molecule has 3 heterocycles. The average molecular weight is 385 g/mol. The molecule has 0 aromatic carbocycles. The third-order valence-corrected chi connectivity index (χ3v) is 6.30. The van der Waals surface area contributed by atoms with Crippen molar-refractivity contribution in [3.63, 3.8) is 0 Å². The Hall–Kier alpha value is -2.15. The largest absolute Gasteiger partial charge is 0.349 e. The van der Waals surface area contributed by atoms with E-state index >= 15 is 0 Å². The van der Waals surface area contributed by atoms with Crippen molar-refractivity contribution in [1.82, 2.24) is 29.8 Å². The first-order valence-electron chi connectivity index (χ1n) is 10.7. The molecule has 0 spiro atoms. The minimum absolute atomic E-state index is 0.0400. The molecule has 0 bridgehead atoms. The number of hydrogen-bond acceptors (Lipinski definition) is 4. The Morgan fingerprint density at radius 2 is 1.93 bits per heavy atom. The number of nitrogens with zero attached hydrogens (tertiary/aromatic N) is 5. The summed E-state index contributed by atoms with van der Waals surface area (Å²) in [5.74, 6) is 1.56. The summed E-state index contributed by atoms with van der Waals surface area (Å²) in [6, 6.07) is 2.09. The molecular weight excluding hydrogens is 352 g/mol. The van der Waals surface area contributed by atoms with Crippen molar-refractivity contribution < 1.29 is 4.79 Å². The monoisotopic (exact) mass is 384 g/mol. The molecule has 28 heavy (non-hydrogen) atoms. The number of aromatic nitrogens is 4. The van der Waals surface area contributed by atoms with Gasteiger partial charge in [-0.15, -0.1) is 0 Å². The van der Waals surface area contributed by atoms with Gasteiger partial charge in [0.15, 0.2) is 5.82 Å². The van der Waals surface area contributed by atoms with Crippen LogP contribution in [0.15, 0.2) is 18.5 Å². The molecule has 0 unspecified atom stereocenters. The molecule has 1 amide bonds. The van der Waals surface area contributed by atoms with Crippen molar-refractivity contribution in [2.45, 2.75) is 57.9 Å². The summed E-state index contributed by atoms with van der Waals surface area (Å²) in [4.78, 5) is 15.6. The van der Waals surface area contributed by atoms with E-state index in [1.807, 2.05) is 26.2 Å². The quantitative estimate of drug-likeness (QED) is 0.861. The highest BCUT2D eigenvalue weighted by molar-refractivity contribution is 5.98. The third kappa shape index (κ3) is 4.14. The van der Waals surface area contributed by atoms with Gasteiger partial charge < -0.3 is 10.2 Å². The standard InChI is InChI=1S/C21H32N6O/c1-16-19(21(25(2)24-16)27-12-6-11-22-27)20(28)23-18-9-13-26(14-10-18)15-17-7-4-3-5-8-17/h6,11-12,17-18H,3-5,7-10,13-15H2,1-2H3,(H,23,28). The third-order valence-electron chi connectivity index (χ3n) is 6.30. The molecule has 2 aromatic rings. The van der Waals surface area contributed by atoms with E-state index in [4.69, 9.17) is 0 Å². The molecule has 7 heteroatoms. The van der Waals surface area contributed by atoms with E-state index in [1.54, 1.807) is 15.6 Å². The van der Waals surface area contributed by atoms with Crippen LogP contribution in [0.4, 0.5) is 0 Å². The van der Waals surface area contributed by atoms with Gasteiger partial charge in [-0.25, -0.2) is 9.36 Å². The van der Waals surface area contributed by atoms with E-state index in [1.165, 1.54) is 38.6 Å². The smallest absolute Gasteiger partial charge is 0.257 e. The van der Waals surface area contributed by atoms with Crippen LogP contribution in [-0.2, 0) is 7.05 Å². The number of likely N-dealkylation sites (tertiary alicyclic amines) is 1. The fraction of sp³-hybridized carbons (Fsp3) is 0.667. The van der Waals surface area contributed by atoms with Crippen LogP contribution in [0.3, 0.4) is 0 Å². The van der Waals surface area contributed by atoms with Crippen molar-refractivity contribution >= 4 is 5.91 Å². The Morgan fingerprint density at radius 3 is 2.61 bits per heavy atom. The molecule has 1 aliphatic heterocycles. The van der Waals surface area contributed by atoms with E-state index < -0.39 is 0 Å². The molecule has 4 rings (SSSR count). The Labute approximate surface area is 167 Å². The summed E-state index contributed by atoms with van der Waals surface area (Å²) in [5, 5.41) is 12.0. The zero-order chi connectivity index (χ0) is 19.5. The Bertz CT molecular complexity index is 782. The molecule has 2 aromatic heterocycles. The van der Waals surface area contributed by atoms with Crippen LogP contribution in [0, 0.1) is 12.8 Å². The van der Waals surface area contributed by atoms with Crippen LogP contribution in [0.2, 0.25) is 0 Å². The molecule has 1 N–H and O–H groups in total. The van der Waals surface area contributed by atoms with Crippen LogP contribution in [0.5, 0.6) is 0 Å². The number of carbonyl (C=O) groups is 1. The summed E-state index contributed by atoms with van der Waals surface area (Å²) >= 11 is 0.